The summed E-state index contributed by atoms with van der Waals surface area (Å²) in [4.78, 5) is 13.6. The molecule has 2 fully saturated rings. The SMILES string of the molecule is NC(=O)CC1CCN(C2CCCCCCC2)CC1. The largest absolute Gasteiger partial charge is 0.370 e. The van der Waals surface area contributed by atoms with Crippen molar-refractivity contribution >= 4 is 5.91 Å². The van der Waals surface area contributed by atoms with E-state index in [2.05, 4.69) is 4.90 Å². The summed E-state index contributed by atoms with van der Waals surface area (Å²) in [6.45, 7) is 2.37. The van der Waals surface area contributed by atoms with Gasteiger partial charge in [0.15, 0.2) is 0 Å². The van der Waals surface area contributed by atoms with Gasteiger partial charge in [-0.25, -0.2) is 0 Å². The molecule has 3 nitrogen and oxygen atoms in total. The van der Waals surface area contributed by atoms with Crippen LogP contribution in [0.2, 0.25) is 0 Å². The summed E-state index contributed by atoms with van der Waals surface area (Å²) >= 11 is 0. The van der Waals surface area contributed by atoms with Crippen molar-refractivity contribution in [1.82, 2.24) is 4.90 Å². The number of hydrogen-bond donors (Lipinski definition) is 1. The number of carbonyl (C=O) groups excluding carboxylic acids is 1. The van der Waals surface area contributed by atoms with Gasteiger partial charge in [0, 0.05) is 12.5 Å². The first-order chi connectivity index (χ1) is 8.75. The predicted octanol–water partition coefficient (Wildman–Crippen LogP) is 2.69. The van der Waals surface area contributed by atoms with Crippen LogP contribution in [-0.2, 0) is 4.79 Å². The van der Waals surface area contributed by atoms with Crippen LogP contribution in [0.5, 0.6) is 0 Å². The molecule has 18 heavy (non-hydrogen) atoms. The molecule has 0 aromatic rings. The Kier molecular flexibility index (Phi) is 5.48. The highest BCUT2D eigenvalue weighted by Crippen LogP contribution is 2.27. The minimum Gasteiger partial charge on any atom is -0.370 e. The summed E-state index contributed by atoms with van der Waals surface area (Å²) < 4.78 is 0. The predicted molar refractivity (Wildman–Crippen MR) is 74.2 cm³/mol. The Bertz CT molecular complexity index is 251. The number of primary amides is 1. The van der Waals surface area contributed by atoms with Gasteiger partial charge in [0.1, 0.15) is 0 Å². The van der Waals surface area contributed by atoms with Crippen molar-refractivity contribution in [3.63, 3.8) is 0 Å². The molecule has 1 aliphatic heterocycles. The van der Waals surface area contributed by atoms with Gasteiger partial charge >= 0.3 is 0 Å². The molecule has 2 aliphatic rings. The molecule has 3 heteroatoms. The van der Waals surface area contributed by atoms with Gasteiger partial charge in [-0.2, -0.15) is 0 Å². The van der Waals surface area contributed by atoms with Crippen LogP contribution in [0.1, 0.15) is 64.2 Å². The van der Waals surface area contributed by atoms with Gasteiger partial charge < -0.3 is 10.6 Å². The number of nitrogens with zero attached hydrogens (tertiary/aromatic N) is 1. The minimum atomic E-state index is -0.126. The second-order valence-electron chi connectivity index (χ2n) is 6.15. The molecule has 0 aromatic heterocycles. The van der Waals surface area contributed by atoms with E-state index < -0.39 is 0 Å². The molecule has 0 atom stereocenters. The van der Waals surface area contributed by atoms with Crippen LogP contribution in [0.25, 0.3) is 0 Å². The highest BCUT2D eigenvalue weighted by molar-refractivity contribution is 5.73. The maximum absolute atomic E-state index is 10.9. The summed E-state index contributed by atoms with van der Waals surface area (Å²) in [7, 11) is 0. The number of hydrogen-bond acceptors (Lipinski definition) is 2. The molecule has 1 saturated carbocycles. The molecule has 0 spiro atoms. The lowest BCUT2D eigenvalue weighted by molar-refractivity contribution is -0.119. The van der Waals surface area contributed by atoms with Crippen LogP contribution < -0.4 is 5.73 Å². The fraction of sp³-hybridized carbons (Fsp3) is 0.933. The molecule has 0 radical (unpaired) electrons. The normalized spacial score (nSPS) is 25.6. The molecule has 1 heterocycles. The minimum absolute atomic E-state index is 0.126. The fourth-order valence-electron chi connectivity index (χ4n) is 3.61. The fourth-order valence-corrected chi connectivity index (χ4v) is 3.61. The molecular formula is C15H28N2O. The highest BCUT2D eigenvalue weighted by atomic mass is 16.1. The molecular weight excluding hydrogens is 224 g/mol. The van der Waals surface area contributed by atoms with E-state index >= 15 is 0 Å². The van der Waals surface area contributed by atoms with Gasteiger partial charge in [0.25, 0.3) is 0 Å². The third kappa shape index (κ3) is 4.27. The quantitative estimate of drug-likeness (QED) is 0.839. The first kappa shape index (κ1) is 13.9. The Morgan fingerprint density at radius 2 is 1.50 bits per heavy atom. The summed E-state index contributed by atoms with van der Waals surface area (Å²) in [5, 5.41) is 0. The zero-order valence-corrected chi connectivity index (χ0v) is 11.6. The smallest absolute Gasteiger partial charge is 0.217 e. The Hall–Kier alpha value is -0.570. The topological polar surface area (TPSA) is 46.3 Å². The molecule has 1 amide bonds. The van der Waals surface area contributed by atoms with Crippen LogP contribution >= 0.6 is 0 Å². The average Bonchev–Trinajstić information content (AvgIpc) is 2.29. The molecule has 2 rings (SSSR count). The van der Waals surface area contributed by atoms with Crippen LogP contribution in [-0.4, -0.2) is 29.9 Å². The number of piperidine rings is 1. The average molecular weight is 252 g/mol. The lowest BCUT2D eigenvalue weighted by atomic mass is 9.89. The Balaban J connectivity index is 1.75. The first-order valence-corrected chi connectivity index (χ1v) is 7.78. The summed E-state index contributed by atoms with van der Waals surface area (Å²) in [6.07, 6.45) is 12.8. The van der Waals surface area contributed by atoms with Gasteiger partial charge in [-0.1, -0.05) is 32.1 Å². The third-order valence-electron chi connectivity index (χ3n) is 4.73. The van der Waals surface area contributed by atoms with E-state index in [1.54, 1.807) is 0 Å². The van der Waals surface area contributed by atoms with Crippen molar-refractivity contribution in [2.24, 2.45) is 11.7 Å². The maximum Gasteiger partial charge on any atom is 0.217 e. The van der Waals surface area contributed by atoms with Crippen molar-refractivity contribution in [1.29, 1.82) is 0 Å². The number of rotatable bonds is 3. The van der Waals surface area contributed by atoms with E-state index in [9.17, 15) is 4.79 Å². The highest BCUT2D eigenvalue weighted by Gasteiger charge is 2.25. The van der Waals surface area contributed by atoms with Crippen molar-refractivity contribution in [3.8, 4) is 0 Å². The molecule has 1 saturated heterocycles. The molecule has 0 bridgehead atoms. The zero-order chi connectivity index (χ0) is 12.8. The summed E-state index contributed by atoms with van der Waals surface area (Å²) in [6, 6.07) is 0.819. The lowest BCUT2D eigenvalue weighted by Crippen LogP contribution is -2.42. The number of nitrogens with two attached hydrogens (primary N) is 1. The van der Waals surface area contributed by atoms with Gasteiger partial charge in [-0.05, 0) is 44.7 Å². The summed E-state index contributed by atoms with van der Waals surface area (Å²) in [5.41, 5.74) is 5.29. The Labute approximate surface area is 111 Å². The van der Waals surface area contributed by atoms with E-state index in [4.69, 9.17) is 5.73 Å². The molecule has 2 N–H and O–H groups in total. The number of amides is 1. The second kappa shape index (κ2) is 7.13. The van der Waals surface area contributed by atoms with Crippen LogP contribution in [0.15, 0.2) is 0 Å². The van der Waals surface area contributed by atoms with Crippen molar-refractivity contribution in [2.75, 3.05) is 13.1 Å². The maximum atomic E-state index is 10.9. The van der Waals surface area contributed by atoms with Gasteiger partial charge in [-0.15, -0.1) is 0 Å². The molecule has 1 aliphatic carbocycles. The van der Waals surface area contributed by atoms with Crippen LogP contribution in [0, 0.1) is 5.92 Å². The lowest BCUT2D eigenvalue weighted by Gasteiger charge is -2.38. The van der Waals surface area contributed by atoms with Crippen molar-refractivity contribution < 1.29 is 4.79 Å². The number of carbonyl (C=O) groups is 1. The standard InChI is InChI=1S/C15H28N2O/c16-15(18)12-13-8-10-17(11-9-13)14-6-4-2-1-3-5-7-14/h13-14H,1-12H2,(H2,16,18). The molecule has 0 aromatic carbocycles. The van der Waals surface area contributed by atoms with E-state index in [0.717, 1.165) is 6.04 Å². The van der Waals surface area contributed by atoms with E-state index in [0.29, 0.717) is 12.3 Å². The second-order valence-corrected chi connectivity index (χ2v) is 6.15. The first-order valence-electron chi connectivity index (χ1n) is 7.78. The molecule has 0 unspecified atom stereocenters. The van der Waals surface area contributed by atoms with Crippen molar-refractivity contribution in [3.05, 3.63) is 0 Å². The summed E-state index contributed by atoms with van der Waals surface area (Å²) in [5.74, 6) is 0.423. The van der Waals surface area contributed by atoms with Gasteiger partial charge in [-0.3, -0.25) is 4.79 Å². The Morgan fingerprint density at radius 1 is 0.944 bits per heavy atom. The monoisotopic (exact) mass is 252 g/mol. The van der Waals surface area contributed by atoms with Crippen LogP contribution in [0.4, 0.5) is 0 Å². The van der Waals surface area contributed by atoms with E-state index in [1.165, 1.54) is 70.9 Å². The van der Waals surface area contributed by atoms with E-state index in [-0.39, 0.29) is 5.91 Å². The van der Waals surface area contributed by atoms with Crippen LogP contribution in [0.3, 0.4) is 0 Å². The van der Waals surface area contributed by atoms with Crippen molar-refractivity contribution in [2.45, 2.75) is 70.3 Å². The Morgan fingerprint density at radius 3 is 2.06 bits per heavy atom. The molecule has 104 valence electrons. The van der Waals surface area contributed by atoms with E-state index in [1.807, 2.05) is 0 Å². The van der Waals surface area contributed by atoms with Gasteiger partial charge in [0.05, 0.1) is 0 Å². The third-order valence-corrected chi connectivity index (χ3v) is 4.73. The zero-order valence-electron chi connectivity index (χ0n) is 11.6. The van der Waals surface area contributed by atoms with Gasteiger partial charge in [0.2, 0.25) is 5.91 Å². The number of likely N-dealkylation sites (tertiary alicyclic amines) is 1.